The number of aromatic hydroxyl groups is 1. The quantitative estimate of drug-likeness (QED) is 0.528. The number of hydrogen-bond acceptors (Lipinski definition) is 5. The molecule has 0 bridgehead atoms. The van der Waals surface area contributed by atoms with Crippen LogP contribution in [0, 0.1) is 10.1 Å². The summed E-state index contributed by atoms with van der Waals surface area (Å²) in [6, 6.07) is 7.82. The summed E-state index contributed by atoms with van der Waals surface area (Å²) in [5.74, 6) is -1.37. The van der Waals surface area contributed by atoms with E-state index in [1.807, 2.05) is 0 Å². The number of alkyl halides is 3. The van der Waals surface area contributed by atoms with Gasteiger partial charge in [-0.05, 0) is 24.3 Å². The maximum atomic E-state index is 12.7. The molecule has 7 nitrogen and oxygen atoms in total. The van der Waals surface area contributed by atoms with Crippen molar-refractivity contribution < 1.29 is 28.0 Å². The number of rotatable bonds is 3. The SMILES string of the molecule is O=C(Nc1ccc(C(F)(F)F)cc1[N+](=O)[O-])c1ccc2cccnc2c1O. The predicted molar refractivity (Wildman–Crippen MR) is 89.5 cm³/mol. The van der Waals surface area contributed by atoms with Gasteiger partial charge in [-0.1, -0.05) is 12.1 Å². The van der Waals surface area contributed by atoms with Crippen molar-refractivity contribution in [3.8, 4) is 5.75 Å². The van der Waals surface area contributed by atoms with Gasteiger partial charge in [0.1, 0.15) is 11.2 Å². The number of hydrogen-bond donors (Lipinski definition) is 2. The van der Waals surface area contributed by atoms with Crippen molar-refractivity contribution >= 4 is 28.2 Å². The first-order chi connectivity index (χ1) is 12.7. The number of aromatic nitrogens is 1. The molecular weight excluding hydrogens is 367 g/mol. The molecule has 27 heavy (non-hydrogen) atoms. The molecule has 1 aromatic heterocycles. The third-order valence-corrected chi connectivity index (χ3v) is 3.76. The Morgan fingerprint density at radius 1 is 1.19 bits per heavy atom. The highest BCUT2D eigenvalue weighted by molar-refractivity contribution is 6.10. The Bertz CT molecular complexity index is 1070. The maximum absolute atomic E-state index is 12.7. The van der Waals surface area contributed by atoms with E-state index in [1.54, 1.807) is 12.1 Å². The zero-order valence-corrected chi connectivity index (χ0v) is 13.3. The molecule has 138 valence electrons. The molecule has 0 aliphatic heterocycles. The van der Waals surface area contributed by atoms with Gasteiger partial charge in [0, 0.05) is 17.6 Å². The standard InChI is InChI=1S/C17H10F3N3O4/c18-17(19,20)10-4-6-12(13(8-10)23(26)27)22-16(25)11-5-3-9-2-1-7-21-14(9)15(11)24/h1-8,24H,(H,22,25). The van der Waals surface area contributed by atoms with Crippen LogP contribution in [0.25, 0.3) is 10.9 Å². The van der Waals surface area contributed by atoms with E-state index in [2.05, 4.69) is 10.3 Å². The van der Waals surface area contributed by atoms with Crippen LogP contribution in [-0.2, 0) is 6.18 Å². The number of nitrogens with zero attached hydrogens (tertiary/aromatic N) is 2. The Hall–Kier alpha value is -3.69. The fourth-order valence-electron chi connectivity index (χ4n) is 2.47. The summed E-state index contributed by atoms with van der Waals surface area (Å²) in [6.07, 6.45) is -3.36. The number of fused-ring (bicyclic) bond motifs is 1. The molecule has 0 unspecified atom stereocenters. The minimum Gasteiger partial charge on any atom is -0.505 e. The molecule has 0 aliphatic carbocycles. The van der Waals surface area contributed by atoms with E-state index in [-0.39, 0.29) is 11.1 Å². The Balaban J connectivity index is 1.99. The van der Waals surface area contributed by atoms with Gasteiger partial charge >= 0.3 is 6.18 Å². The second-order valence-electron chi connectivity index (χ2n) is 5.48. The largest absolute Gasteiger partial charge is 0.505 e. The lowest BCUT2D eigenvalue weighted by atomic mass is 10.1. The number of anilines is 1. The van der Waals surface area contributed by atoms with Crippen LogP contribution < -0.4 is 5.32 Å². The molecule has 3 aromatic rings. The lowest BCUT2D eigenvalue weighted by Crippen LogP contribution is -2.14. The molecule has 0 fully saturated rings. The van der Waals surface area contributed by atoms with Crippen molar-refractivity contribution in [2.75, 3.05) is 5.32 Å². The zero-order valence-electron chi connectivity index (χ0n) is 13.3. The van der Waals surface area contributed by atoms with Crippen LogP contribution in [-0.4, -0.2) is 20.9 Å². The molecule has 0 saturated carbocycles. The van der Waals surface area contributed by atoms with Crippen molar-refractivity contribution in [2.45, 2.75) is 6.18 Å². The summed E-state index contributed by atoms with van der Waals surface area (Å²) in [7, 11) is 0. The van der Waals surface area contributed by atoms with E-state index in [0.717, 1.165) is 6.07 Å². The van der Waals surface area contributed by atoms with Gasteiger partial charge in [-0.2, -0.15) is 13.2 Å². The Labute approximate surface area is 149 Å². The Morgan fingerprint density at radius 2 is 1.93 bits per heavy atom. The van der Waals surface area contributed by atoms with Crippen LogP contribution >= 0.6 is 0 Å². The van der Waals surface area contributed by atoms with Crippen molar-refractivity contribution in [2.24, 2.45) is 0 Å². The summed E-state index contributed by atoms with van der Waals surface area (Å²) in [6.45, 7) is 0. The Morgan fingerprint density at radius 3 is 2.59 bits per heavy atom. The van der Waals surface area contributed by atoms with Crippen molar-refractivity contribution in [1.29, 1.82) is 0 Å². The number of nitrogens with one attached hydrogen (secondary N) is 1. The number of phenols is 1. The predicted octanol–water partition coefficient (Wildman–Crippen LogP) is 4.12. The first-order valence-electron chi connectivity index (χ1n) is 7.42. The summed E-state index contributed by atoms with van der Waals surface area (Å²) in [5.41, 5.74) is -2.65. The average Bonchev–Trinajstić information content (AvgIpc) is 2.61. The number of carbonyl (C=O) groups is 1. The third kappa shape index (κ3) is 3.50. The minimum absolute atomic E-state index is 0.145. The summed E-state index contributed by atoms with van der Waals surface area (Å²) >= 11 is 0. The van der Waals surface area contributed by atoms with Crippen LogP contribution in [0.1, 0.15) is 15.9 Å². The number of carbonyl (C=O) groups excluding carboxylic acids is 1. The highest BCUT2D eigenvalue weighted by Gasteiger charge is 2.33. The van der Waals surface area contributed by atoms with E-state index in [9.17, 15) is 33.2 Å². The normalized spacial score (nSPS) is 11.4. The number of amides is 1. The van der Waals surface area contributed by atoms with E-state index in [0.29, 0.717) is 17.5 Å². The van der Waals surface area contributed by atoms with E-state index in [4.69, 9.17) is 0 Å². The van der Waals surface area contributed by atoms with Crippen LogP contribution in [0.4, 0.5) is 24.5 Å². The second kappa shape index (κ2) is 6.56. The minimum atomic E-state index is -4.77. The fourth-order valence-corrected chi connectivity index (χ4v) is 2.47. The molecule has 0 atom stereocenters. The number of halogens is 3. The van der Waals surface area contributed by atoms with Crippen LogP contribution in [0.3, 0.4) is 0 Å². The Kier molecular flexibility index (Phi) is 4.40. The highest BCUT2D eigenvalue weighted by atomic mass is 19.4. The maximum Gasteiger partial charge on any atom is 0.416 e. The van der Waals surface area contributed by atoms with E-state index < -0.39 is 39.7 Å². The number of benzene rings is 2. The van der Waals surface area contributed by atoms with Crippen LogP contribution in [0.2, 0.25) is 0 Å². The number of nitro benzene ring substituents is 1. The lowest BCUT2D eigenvalue weighted by Gasteiger charge is -2.11. The van der Waals surface area contributed by atoms with Crippen molar-refractivity contribution in [3.05, 3.63) is 69.9 Å². The second-order valence-corrected chi connectivity index (χ2v) is 5.48. The van der Waals surface area contributed by atoms with Crippen LogP contribution in [0.5, 0.6) is 5.75 Å². The third-order valence-electron chi connectivity index (χ3n) is 3.76. The molecule has 0 saturated heterocycles. The van der Waals surface area contributed by atoms with Gasteiger partial charge in [0.15, 0.2) is 5.75 Å². The van der Waals surface area contributed by atoms with Gasteiger partial charge in [0.05, 0.1) is 16.1 Å². The zero-order chi connectivity index (χ0) is 19.8. The first-order valence-corrected chi connectivity index (χ1v) is 7.42. The van der Waals surface area contributed by atoms with Gasteiger partial charge < -0.3 is 10.4 Å². The fraction of sp³-hybridized carbons (Fsp3) is 0.0588. The monoisotopic (exact) mass is 377 g/mol. The average molecular weight is 377 g/mol. The van der Waals surface area contributed by atoms with E-state index >= 15 is 0 Å². The molecular formula is C17H10F3N3O4. The van der Waals surface area contributed by atoms with Gasteiger partial charge in [0.2, 0.25) is 0 Å². The van der Waals surface area contributed by atoms with Gasteiger partial charge in [0.25, 0.3) is 11.6 Å². The molecule has 2 N–H and O–H groups in total. The number of pyridine rings is 1. The molecule has 1 amide bonds. The number of nitro groups is 1. The van der Waals surface area contributed by atoms with Crippen molar-refractivity contribution in [3.63, 3.8) is 0 Å². The van der Waals surface area contributed by atoms with Crippen LogP contribution in [0.15, 0.2) is 48.7 Å². The van der Waals surface area contributed by atoms with Gasteiger partial charge in [-0.3, -0.25) is 19.9 Å². The summed E-state index contributed by atoms with van der Waals surface area (Å²) in [4.78, 5) is 26.4. The number of phenolic OH excluding ortho intramolecular Hbond substituents is 1. The smallest absolute Gasteiger partial charge is 0.416 e. The van der Waals surface area contributed by atoms with Gasteiger partial charge in [-0.15, -0.1) is 0 Å². The summed E-state index contributed by atoms with van der Waals surface area (Å²) in [5, 5.41) is 24.0. The highest BCUT2D eigenvalue weighted by Crippen LogP contribution is 2.35. The van der Waals surface area contributed by atoms with Crippen molar-refractivity contribution in [1.82, 2.24) is 4.98 Å². The van der Waals surface area contributed by atoms with E-state index in [1.165, 1.54) is 18.3 Å². The molecule has 1 heterocycles. The molecule has 0 radical (unpaired) electrons. The molecule has 3 rings (SSSR count). The molecule has 2 aromatic carbocycles. The summed E-state index contributed by atoms with van der Waals surface area (Å²) < 4.78 is 38.2. The lowest BCUT2D eigenvalue weighted by molar-refractivity contribution is -0.384. The molecule has 10 heteroatoms. The molecule has 0 spiro atoms. The topological polar surface area (TPSA) is 105 Å². The molecule has 0 aliphatic rings. The van der Waals surface area contributed by atoms with Gasteiger partial charge in [-0.25, -0.2) is 0 Å². The first kappa shape index (κ1) is 18.1.